The van der Waals surface area contributed by atoms with E-state index in [9.17, 15) is 18.3 Å². The molecule has 2 aromatic rings. The second-order valence-corrected chi connectivity index (χ2v) is 10.9. The van der Waals surface area contributed by atoms with Gasteiger partial charge < -0.3 is 18.8 Å². The fraction of sp³-hybridized carbons (Fsp3) is 0.552. The Morgan fingerprint density at radius 3 is 1.86 bits per heavy atom. The number of carbonyl (C=O) groups excluding carboxylic acids is 1. The van der Waals surface area contributed by atoms with E-state index in [1.54, 1.807) is 12.1 Å². The van der Waals surface area contributed by atoms with E-state index in [1.165, 1.54) is 77.4 Å². The molecule has 0 saturated carbocycles. The van der Waals surface area contributed by atoms with Gasteiger partial charge in [-0.3, -0.25) is 4.79 Å². The second kappa shape index (κ2) is 15.5. The predicted octanol–water partition coefficient (Wildman–Crippen LogP) is 7.37. The molecule has 0 saturated heterocycles. The maximum absolute atomic E-state index is 13.2. The van der Waals surface area contributed by atoms with Crippen molar-refractivity contribution in [3.05, 3.63) is 41.5 Å². The molecule has 206 valence electrons. The smallest absolute Gasteiger partial charge is 0.339 e. The Labute approximate surface area is 222 Å². The Kier molecular flexibility index (Phi) is 12.8. The summed E-state index contributed by atoms with van der Waals surface area (Å²) in [5.41, 5.74) is 0.666. The third kappa shape index (κ3) is 9.26. The van der Waals surface area contributed by atoms with Crippen molar-refractivity contribution in [2.45, 2.75) is 95.8 Å². The lowest BCUT2D eigenvalue weighted by molar-refractivity contribution is 0.0974. The minimum absolute atomic E-state index is 0.0559. The number of benzene rings is 2. The summed E-state index contributed by atoms with van der Waals surface area (Å²) >= 11 is 0. The van der Waals surface area contributed by atoms with E-state index in [2.05, 4.69) is 6.92 Å². The molecule has 0 aromatic heterocycles. The van der Waals surface area contributed by atoms with Crippen molar-refractivity contribution in [2.75, 3.05) is 14.2 Å². The maximum atomic E-state index is 13.2. The van der Waals surface area contributed by atoms with Crippen LogP contribution in [0.5, 0.6) is 23.0 Å². The molecule has 0 radical (unpaired) electrons. The zero-order chi connectivity index (χ0) is 27.3. The van der Waals surface area contributed by atoms with Gasteiger partial charge in [0, 0.05) is 12.5 Å². The van der Waals surface area contributed by atoms with E-state index in [0.717, 1.165) is 24.8 Å². The lowest BCUT2D eigenvalue weighted by Gasteiger charge is -2.18. The van der Waals surface area contributed by atoms with Gasteiger partial charge in [0.25, 0.3) is 0 Å². The number of Topliss-reactive ketones (excluding diaryl/α,β-unsaturated/α-hetero) is 1. The lowest BCUT2D eigenvalue weighted by Crippen LogP contribution is -2.14. The summed E-state index contributed by atoms with van der Waals surface area (Å²) in [7, 11) is -1.64. The van der Waals surface area contributed by atoms with Crippen molar-refractivity contribution in [3.8, 4) is 23.0 Å². The summed E-state index contributed by atoms with van der Waals surface area (Å²) < 4.78 is 42.0. The lowest BCUT2D eigenvalue weighted by atomic mass is 10.0. The third-order valence-corrected chi connectivity index (χ3v) is 7.63. The number of hydrogen-bond acceptors (Lipinski definition) is 7. The van der Waals surface area contributed by atoms with Crippen molar-refractivity contribution in [1.29, 1.82) is 0 Å². The molecule has 2 aromatic carbocycles. The van der Waals surface area contributed by atoms with Gasteiger partial charge in [-0.2, -0.15) is 8.42 Å². The standard InChI is InChI=1S/C29H42O7S/c1-5-6-7-8-9-10-11-12-13-14-15-16-24(30)27-25(31)21-26(34-3)28(35-4)29(27)36-37(32,33)23-19-17-22(2)18-20-23/h17-21,31H,5-16H2,1-4H3. The first-order valence-corrected chi connectivity index (χ1v) is 14.7. The van der Waals surface area contributed by atoms with Crippen molar-refractivity contribution in [1.82, 2.24) is 0 Å². The molecule has 1 N–H and O–H groups in total. The molecule has 0 fully saturated rings. The SMILES string of the molecule is CCCCCCCCCCCCCC(=O)c1c(O)cc(OC)c(OC)c1OS(=O)(=O)c1ccc(C)cc1. The highest BCUT2D eigenvalue weighted by Crippen LogP contribution is 2.46. The van der Waals surface area contributed by atoms with Crippen molar-refractivity contribution in [3.63, 3.8) is 0 Å². The number of unbranched alkanes of at least 4 members (excludes halogenated alkanes) is 10. The Balaban J connectivity index is 2.08. The van der Waals surface area contributed by atoms with E-state index >= 15 is 0 Å². The van der Waals surface area contributed by atoms with E-state index < -0.39 is 21.7 Å². The average molecular weight is 535 g/mol. The number of hydrogen-bond donors (Lipinski definition) is 1. The van der Waals surface area contributed by atoms with E-state index in [0.29, 0.717) is 6.42 Å². The molecular weight excluding hydrogens is 492 g/mol. The number of aromatic hydroxyl groups is 1. The molecule has 0 aliphatic heterocycles. The van der Waals surface area contributed by atoms with Crippen LogP contribution in [0.1, 0.15) is 99.9 Å². The van der Waals surface area contributed by atoms with Crippen LogP contribution in [0, 0.1) is 6.92 Å². The largest absolute Gasteiger partial charge is 0.507 e. The molecule has 0 aliphatic rings. The highest BCUT2D eigenvalue weighted by Gasteiger charge is 2.30. The van der Waals surface area contributed by atoms with Crippen molar-refractivity contribution >= 4 is 15.9 Å². The van der Waals surface area contributed by atoms with Gasteiger partial charge in [0.2, 0.25) is 11.5 Å². The van der Waals surface area contributed by atoms with E-state index in [1.807, 2.05) is 6.92 Å². The Bertz CT molecular complexity index is 1090. The average Bonchev–Trinajstić information content (AvgIpc) is 2.87. The second-order valence-electron chi connectivity index (χ2n) is 9.39. The molecule has 0 bridgehead atoms. The van der Waals surface area contributed by atoms with E-state index in [4.69, 9.17) is 13.7 Å². The normalized spacial score (nSPS) is 11.4. The molecule has 0 aliphatic carbocycles. The summed E-state index contributed by atoms with van der Waals surface area (Å²) in [6, 6.07) is 7.37. The van der Waals surface area contributed by atoms with Crippen molar-refractivity contribution in [2.24, 2.45) is 0 Å². The zero-order valence-electron chi connectivity index (χ0n) is 22.7. The summed E-state index contributed by atoms with van der Waals surface area (Å²) in [6.07, 6.45) is 12.8. The number of carbonyl (C=O) groups is 1. The van der Waals surface area contributed by atoms with Gasteiger partial charge in [-0.25, -0.2) is 0 Å². The number of rotatable bonds is 18. The van der Waals surface area contributed by atoms with Crippen LogP contribution in [0.2, 0.25) is 0 Å². The monoisotopic (exact) mass is 534 g/mol. The molecule has 0 atom stereocenters. The van der Waals surface area contributed by atoms with Gasteiger partial charge in [0.05, 0.1) is 14.2 Å². The van der Waals surface area contributed by atoms with Crippen LogP contribution >= 0.6 is 0 Å². The van der Waals surface area contributed by atoms with Gasteiger partial charge in [-0.1, -0.05) is 88.8 Å². The summed E-state index contributed by atoms with van der Waals surface area (Å²) in [4.78, 5) is 13.1. The number of phenols is 1. The predicted molar refractivity (Wildman–Crippen MR) is 146 cm³/mol. The molecule has 8 heteroatoms. The molecule has 0 spiro atoms. The van der Waals surface area contributed by atoms with Crippen LogP contribution < -0.4 is 13.7 Å². The number of methoxy groups -OCH3 is 2. The highest BCUT2D eigenvalue weighted by atomic mass is 32.2. The number of ether oxygens (including phenoxy) is 2. The third-order valence-electron chi connectivity index (χ3n) is 6.39. The highest BCUT2D eigenvalue weighted by molar-refractivity contribution is 7.87. The van der Waals surface area contributed by atoms with Crippen LogP contribution in [-0.2, 0) is 10.1 Å². The number of aryl methyl sites for hydroxylation is 1. The van der Waals surface area contributed by atoms with Crippen LogP contribution in [0.25, 0.3) is 0 Å². The van der Waals surface area contributed by atoms with Gasteiger partial charge in [0.1, 0.15) is 16.2 Å². The fourth-order valence-corrected chi connectivity index (χ4v) is 5.18. The molecule has 37 heavy (non-hydrogen) atoms. The molecule has 0 unspecified atom stereocenters. The summed E-state index contributed by atoms with van der Waals surface area (Å²) in [6.45, 7) is 4.06. The number of phenolic OH excluding ortho intramolecular Hbond substituents is 1. The first kappa shape index (κ1) is 30.5. The Morgan fingerprint density at radius 1 is 0.811 bits per heavy atom. The van der Waals surface area contributed by atoms with Crippen LogP contribution in [-0.4, -0.2) is 33.5 Å². The van der Waals surface area contributed by atoms with Crippen LogP contribution in [0.4, 0.5) is 0 Å². The molecular formula is C29H42O7S. The number of ketones is 1. The zero-order valence-corrected chi connectivity index (χ0v) is 23.5. The minimum atomic E-state index is -4.31. The topological polar surface area (TPSA) is 99.1 Å². The maximum Gasteiger partial charge on any atom is 0.339 e. The van der Waals surface area contributed by atoms with Gasteiger partial charge in [0.15, 0.2) is 11.5 Å². The van der Waals surface area contributed by atoms with Gasteiger partial charge in [-0.15, -0.1) is 0 Å². The van der Waals surface area contributed by atoms with Crippen LogP contribution in [0.3, 0.4) is 0 Å². The molecule has 0 heterocycles. The molecule has 2 rings (SSSR count). The van der Waals surface area contributed by atoms with Gasteiger partial charge in [-0.05, 0) is 25.5 Å². The molecule has 7 nitrogen and oxygen atoms in total. The summed E-state index contributed by atoms with van der Waals surface area (Å²) in [5, 5.41) is 10.6. The molecule has 0 amide bonds. The Morgan fingerprint density at radius 2 is 1.35 bits per heavy atom. The van der Waals surface area contributed by atoms with E-state index in [-0.39, 0.29) is 34.1 Å². The quantitative estimate of drug-likeness (QED) is 0.121. The minimum Gasteiger partial charge on any atom is -0.507 e. The summed E-state index contributed by atoms with van der Waals surface area (Å²) in [5.74, 6) is -1.21. The Hall–Kier alpha value is -2.74. The van der Waals surface area contributed by atoms with Gasteiger partial charge >= 0.3 is 10.1 Å². The first-order valence-electron chi connectivity index (χ1n) is 13.3. The first-order chi connectivity index (χ1) is 17.7. The fourth-order valence-electron chi connectivity index (χ4n) is 4.24. The van der Waals surface area contributed by atoms with Crippen LogP contribution in [0.15, 0.2) is 35.2 Å². The van der Waals surface area contributed by atoms with Crippen molar-refractivity contribution < 1.29 is 32.0 Å².